The quantitative estimate of drug-likeness (QED) is 0.760. The van der Waals surface area contributed by atoms with E-state index in [0.717, 1.165) is 31.4 Å². The lowest BCUT2D eigenvalue weighted by Gasteiger charge is -2.39. The highest BCUT2D eigenvalue weighted by atomic mass is 19.2. The highest BCUT2D eigenvalue weighted by molar-refractivity contribution is 5.93. The molecule has 4 atom stereocenters. The van der Waals surface area contributed by atoms with Crippen LogP contribution in [-0.2, 0) is 19.1 Å². The first kappa shape index (κ1) is 21.2. The molecule has 1 aliphatic carbocycles. The van der Waals surface area contributed by atoms with Gasteiger partial charge < -0.3 is 15.0 Å². The fourth-order valence-electron chi connectivity index (χ4n) is 4.23. The fourth-order valence-corrected chi connectivity index (χ4v) is 4.23. The van der Waals surface area contributed by atoms with E-state index in [1.807, 2.05) is 0 Å². The number of amides is 2. The molecule has 158 valence electrons. The van der Waals surface area contributed by atoms with Crippen LogP contribution in [0.1, 0.15) is 39.5 Å². The molecule has 0 bridgehead atoms. The van der Waals surface area contributed by atoms with Crippen molar-refractivity contribution in [1.82, 2.24) is 4.90 Å². The Kier molecular flexibility index (Phi) is 6.49. The molecule has 6 nitrogen and oxygen atoms in total. The van der Waals surface area contributed by atoms with Crippen LogP contribution in [0.2, 0.25) is 0 Å². The van der Waals surface area contributed by atoms with Gasteiger partial charge in [0.15, 0.2) is 18.2 Å². The summed E-state index contributed by atoms with van der Waals surface area (Å²) in [6, 6.07) is 3.08. The van der Waals surface area contributed by atoms with E-state index < -0.39 is 36.0 Å². The molecule has 1 aromatic rings. The number of esters is 1. The third-order valence-corrected chi connectivity index (χ3v) is 6.10. The number of nitrogens with zero attached hydrogens (tertiary/aromatic N) is 1. The summed E-state index contributed by atoms with van der Waals surface area (Å²) in [5.41, 5.74) is 0.0626. The van der Waals surface area contributed by atoms with E-state index >= 15 is 0 Å². The summed E-state index contributed by atoms with van der Waals surface area (Å²) < 4.78 is 31.1. The van der Waals surface area contributed by atoms with Crippen molar-refractivity contribution in [2.24, 2.45) is 17.8 Å². The van der Waals surface area contributed by atoms with Crippen LogP contribution in [0.3, 0.4) is 0 Å². The van der Waals surface area contributed by atoms with Crippen molar-refractivity contribution < 1.29 is 27.9 Å². The van der Waals surface area contributed by atoms with Crippen LogP contribution >= 0.6 is 0 Å². The van der Waals surface area contributed by atoms with Gasteiger partial charge in [-0.2, -0.15) is 0 Å². The van der Waals surface area contributed by atoms with Crippen LogP contribution in [0.4, 0.5) is 14.5 Å². The van der Waals surface area contributed by atoms with Gasteiger partial charge in [-0.1, -0.05) is 26.7 Å². The van der Waals surface area contributed by atoms with Gasteiger partial charge in [0.25, 0.3) is 5.91 Å². The SMILES string of the molecule is C[C@@H]1[C@H](C)CCC[C@H]1N1C[C@H](C(=O)OCC(=O)Nc2ccc(F)c(F)c2)CC1=O. The molecule has 1 saturated carbocycles. The van der Waals surface area contributed by atoms with E-state index in [0.29, 0.717) is 18.4 Å². The number of carbonyl (C=O) groups is 3. The van der Waals surface area contributed by atoms with E-state index in [4.69, 9.17) is 4.74 Å². The largest absolute Gasteiger partial charge is 0.455 e. The van der Waals surface area contributed by atoms with Crippen LogP contribution in [0.15, 0.2) is 18.2 Å². The molecule has 2 fully saturated rings. The molecule has 0 unspecified atom stereocenters. The van der Waals surface area contributed by atoms with Gasteiger partial charge in [-0.3, -0.25) is 14.4 Å². The van der Waals surface area contributed by atoms with Crippen LogP contribution in [0.25, 0.3) is 0 Å². The number of halogens is 2. The van der Waals surface area contributed by atoms with E-state index in [1.165, 1.54) is 6.07 Å². The summed E-state index contributed by atoms with van der Waals surface area (Å²) in [7, 11) is 0. The van der Waals surface area contributed by atoms with Crippen LogP contribution in [-0.4, -0.2) is 41.9 Å². The minimum atomic E-state index is -1.09. The zero-order chi connectivity index (χ0) is 21.1. The summed E-state index contributed by atoms with van der Waals surface area (Å²) in [5, 5.41) is 2.34. The summed E-state index contributed by atoms with van der Waals surface area (Å²) in [4.78, 5) is 38.5. The predicted molar refractivity (Wildman–Crippen MR) is 102 cm³/mol. The molecule has 3 rings (SSSR count). The lowest BCUT2D eigenvalue weighted by molar-refractivity contribution is -0.151. The average molecular weight is 408 g/mol. The second-order valence-electron chi connectivity index (χ2n) is 8.07. The van der Waals surface area contributed by atoms with Crippen molar-refractivity contribution >= 4 is 23.5 Å². The molecule has 1 N–H and O–H groups in total. The van der Waals surface area contributed by atoms with Gasteiger partial charge in [0, 0.05) is 30.8 Å². The van der Waals surface area contributed by atoms with Crippen molar-refractivity contribution in [2.45, 2.75) is 45.6 Å². The number of hydrogen-bond acceptors (Lipinski definition) is 4. The maximum absolute atomic E-state index is 13.2. The Bertz CT molecular complexity index is 801. The van der Waals surface area contributed by atoms with Crippen LogP contribution < -0.4 is 5.32 Å². The number of carbonyl (C=O) groups excluding carboxylic acids is 3. The minimum absolute atomic E-state index is 0.0517. The number of ether oxygens (including phenoxy) is 1. The number of benzene rings is 1. The van der Waals surface area contributed by atoms with Crippen molar-refractivity contribution in [2.75, 3.05) is 18.5 Å². The molecule has 1 saturated heterocycles. The van der Waals surface area contributed by atoms with Crippen molar-refractivity contribution in [1.29, 1.82) is 0 Å². The predicted octanol–water partition coefficient (Wildman–Crippen LogP) is 3.12. The molecule has 0 spiro atoms. The fraction of sp³-hybridized carbons (Fsp3) is 0.571. The lowest BCUT2D eigenvalue weighted by Crippen LogP contribution is -2.45. The zero-order valence-corrected chi connectivity index (χ0v) is 16.6. The Morgan fingerprint density at radius 3 is 2.69 bits per heavy atom. The maximum Gasteiger partial charge on any atom is 0.311 e. The second kappa shape index (κ2) is 8.88. The second-order valence-corrected chi connectivity index (χ2v) is 8.07. The first-order valence-electron chi connectivity index (χ1n) is 9.97. The van der Waals surface area contributed by atoms with Crippen molar-refractivity contribution in [3.8, 4) is 0 Å². The molecule has 29 heavy (non-hydrogen) atoms. The first-order chi connectivity index (χ1) is 13.8. The molecule has 8 heteroatoms. The van der Waals surface area contributed by atoms with Gasteiger partial charge in [-0.15, -0.1) is 0 Å². The molecule has 1 aliphatic heterocycles. The molecule has 1 heterocycles. The number of likely N-dealkylation sites (tertiary alicyclic amines) is 1. The number of nitrogens with one attached hydrogen (secondary N) is 1. The highest BCUT2D eigenvalue weighted by Gasteiger charge is 2.42. The Morgan fingerprint density at radius 1 is 1.21 bits per heavy atom. The average Bonchev–Trinajstić information content (AvgIpc) is 3.06. The van der Waals surface area contributed by atoms with Gasteiger partial charge >= 0.3 is 5.97 Å². The zero-order valence-electron chi connectivity index (χ0n) is 16.6. The number of anilines is 1. The summed E-state index contributed by atoms with van der Waals surface area (Å²) in [5.74, 6) is -3.11. The van der Waals surface area contributed by atoms with Crippen molar-refractivity contribution in [3.63, 3.8) is 0 Å². The molecule has 0 aromatic heterocycles. The molecule has 2 aliphatic rings. The summed E-state index contributed by atoms with van der Waals surface area (Å²) in [6.07, 6.45) is 3.24. The minimum Gasteiger partial charge on any atom is -0.455 e. The normalized spacial score (nSPS) is 27.0. The van der Waals surface area contributed by atoms with Gasteiger partial charge in [-0.25, -0.2) is 8.78 Å². The van der Waals surface area contributed by atoms with Crippen LogP contribution in [0.5, 0.6) is 0 Å². The van der Waals surface area contributed by atoms with E-state index in [2.05, 4.69) is 19.2 Å². The van der Waals surface area contributed by atoms with E-state index in [-0.39, 0.29) is 24.1 Å². The molecule has 0 radical (unpaired) electrons. The van der Waals surface area contributed by atoms with E-state index in [9.17, 15) is 23.2 Å². The topological polar surface area (TPSA) is 75.7 Å². The number of rotatable bonds is 5. The third kappa shape index (κ3) is 4.92. The number of hydrogen-bond donors (Lipinski definition) is 1. The maximum atomic E-state index is 13.2. The summed E-state index contributed by atoms with van der Waals surface area (Å²) >= 11 is 0. The van der Waals surface area contributed by atoms with Crippen LogP contribution in [0, 0.1) is 29.4 Å². The molecular weight excluding hydrogens is 382 g/mol. The smallest absolute Gasteiger partial charge is 0.311 e. The Morgan fingerprint density at radius 2 is 1.97 bits per heavy atom. The third-order valence-electron chi connectivity index (χ3n) is 6.10. The van der Waals surface area contributed by atoms with Gasteiger partial charge in [-0.05, 0) is 30.4 Å². The monoisotopic (exact) mass is 408 g/mol. The molecular formula is C21H26F2N2O4. The Labute approximate surface area is 168 Å². The van der Waals surface area contributed by atoms with Gasteiger partial charge in [0.2, 0.25) is 5.91 Å². The molecule has 2 amide bonds. The Hall–Kier alpha value is -2.51. The highest BCUT2D eigenvalue weighted by Crippen LogP contribution is 2.35. The van der Waals surface area contributed by atoms with Gasteiger partial charge in [0.1, 0.15) is 0 Å². The molecule has 1 aromatic carbocycles. The standard InChI is InChI=1S/C21H26F2N2O4/c1-12-4-3-5-18(13(12)2)25-10-14(8-20(25)27)21(28)29-11-19(26)24-15-6-7-16(22)17(23)9-15/h6-7,9,12-14,18H,3-5,8,10-11H2,1-2H3,(H,24,26)/t12-,13-,14-,18-/m1/s1. The lowest BCUT2D eigenvalue weighted by atomic mass is 9.77. The van der Waals surface area contributed by atoms with Gasteiger partial charge in [0.05, 0.1) is 5.92 Å². The first-order valence-corrected chi connectivity index (χ1v) is 9.97. The van der Waals surface area contributed by atoms with Crippen molar-refractivity contribution in [3.05, 3.63) is 29.8 Å². The summed E-state index contributed by atoms with van der Waals surface area (Å²) in [6.45, 7) is 4.09. The van der Waals surface area contributed by atoms with E-state index in [1.54, 1.807) is 4.90 Å². The Balaban J connectivity index is 1.50.